The predicted molar refractivity (Wildman–Crippen MR) is 28.7 cm³/mol. The summed E-state index contributed by atoms with van der Waals surface area (Å²) in [5.41, 5.74) is 0.0851. The van der Waals surface area contributed by atoms with Crippen LogP contribution in [0.2, 0.25) is 0 Å². The van der Waals surface area contributed by atoms with Gasteiger partial charge in [-0.2, -0.15) is 10.2 Å². The van der Waals surface area contributed by atoms with Crippen molar-refractivity contribution in [2.24, 2.45) is 10.2 Å². The number of rotatable bonds is 0. The summed E-state index contributed by atoms with van der Waals surface area (Å²) < 4.78 is 0. The summed E-state index contributed by atoms with van der Waals surface area (Å²) in [5.74, 6) is 0. The minimum absolute atomic E-state index is 0.0851. The zero-order chi connectivity index (χ0) is 5.45. The van der Waals surface area contributed by atoms with Crippen LogP contribution in [0.1, 0.15) is 12.8 Å². The molecule has 1 spiro atoms. The smallest absolute Gasteiger partial charge is 0.193 e. The van der Waals surface area contributed by atoms with Gasteiger partial charge < -0.3 is 0 Å². The Bertz CT molecular complexity index is 116. The van der Waals surface area contributed by atoms with Crippen molar-refractivity contribution in [3.05, 3.63) is 0 Å². The Morgan fingerprint density at radius 2 is 1.62 bits per heavy atom. The van der Waals surface area contributed by atoms with Gasteiger partial charge in [0.05, 0.1) is 0 Å². The lowest BCUT2D eigenvalue weighted by Crippen LogP contribution is -2.28. The first kappa shape index (κ1) is 4.44. The van der Waals surface area contributed by atoms with Gasteiger partial charge in [0.25, 0.3) is 0 Å². The highest BCUT2D eigenvalue weighted by molar-refractivity contribution is 4.96. The molecule has 2 heterocycles. The van der Waals surface area contributed by atoms with E-state index >= 15 is 0 Å². The molecule has 3 nitrogen and oxygen atoms in total. The second-order valence-electron chi connectivity index (χ2n) is 2.35. The van der Waals surface area contributed by atoms with E-state index in [9.17, 15) is 0 Å². The summed E-state index contributed by atoms with van der Waals surface area (Å²) in [6, 6.07) is 0. The van der Waals surface area contributed by atoms with Gasteiger partial charge in [-0.15, -0.1) is 0 Å². The van der Waals surface area contributed by atoms with Crippen molar-refractivity contribution >= 4 is 0 Å². The normalized spacial score (nSPS) is 31.0. The van der Waals surface area contributed by atoms with Crippen LogP contribution in [-0.2, 0) is 0 Å². The van der Waals surface area contributed by atoms with Crippen LogP contribution >= 0.6 is 0 Å². The van der Waals surface area contributed by atoms with E-state index in [0.717, 1.165) is 25.9 Å². The van der Waals surface area contributed by atoms with E-state index in [0.29, 0.717) is 0 Å². The molecule has 0 aromatic rings. The van der Waals surface area contributed by atoms with Gasteiger partial charge in [-0.1, -0.05) is 0 Å². The molecule has 2 aliphatic rings. The first-order chi connectivity index (χ1) is 3.91. The summed E-state index contributed by atoms with van der Waals surface area (Å²) in [6.45, 7) is 1.93. The fourth-order valence-electron chi connectivity index (χ4n) is 1.02. The van der Waals surface area contributed by atoms with Gasteiger partial charge in [0, 0.05) is 25.9 Å². The van der Waals surface area contributed by atoms with Gasteiger partial charge in [0.1, 0.15) is 0 Å². The van der Waals surface area contributed by atoms with Gasteiger partial charge >= 0.3 is 0 Å². The van der Waals surface area contributed by atoms with E-state index < -0.39 is 0 Å². The zero-order valence-corrected chi connectivity index (χ0v) is 4.67. The topological polar surface area (TPSA) is 38.8 Å². The van der Waals surface area contributed by atoms with Gasteiger partial charge in [0.2, 0.25) is 0 Å². The molecule has 2 aliphatic heterocycles. The van der Waals surface area contributed by atoms with Crippen LogP contribution in [0, 0.1) is 0 Å². The Kier molecular flexibility index (Phi) is 0.713. The van der Waals surface area contributed by atoms with Gasteiger partial charge in [0.15, 0.2) is 5.66 Å². The Labute approximate surface area is 48.2 Å². The van der Waals surface area contributed by atoms with Crippen LogP contribution in [0.5, 0.6) is 0 Å². The molecule has 0 saturated carbocycles. The molecular formula is C5H8N3. The fraction of sp³-hybridized carbons (Fsp3) is 1.00. The van der Waals surface area contributed by atoms with Crippen LogP contribution in [0.3, 0.4) is 0 Å². The molecule has 0 N–H and O–H groups in total. The first-order valence-electron chi connectivity index (χ1n) is 2.99. The maximum Gasteiger partial charge on any atom is 0.193 e. The van der Waals surface area contributed by atoms with E-state index in [2.05, 4.69) is 15.5 Å². The highest BCUT2D eigenvalue weighted by Crippen LogP contribution is 2.36. The van der Waals surface area contributed by atoms with Crippen LogP contribution < -0.4 is 5.32 Å². The average Bonchev–Trinajstić information content (AvgIpc) is 2.52. The maximum absolute atomic E-state index is 4.19. The SMILES string of the molecule is C1CC2(CC[N]1)N=N2. The van der Waals surface area contributed by atoms with Crippen molar-refractivity contribution in [3.63, 3.8) is 0 Å². The van der Waals surface area contributed by atoms with E-state index in [1.165, 1.54) is 0 Å². The highest BCUT2D eigenvalue weighted by atomic mass is 15.4. The number of hydrogen-bond acceptors (Lipinski definition) is 2. The van der Waals surface area contributed by atoms with Crippen LogP contribution in [-0.4, -0.2) is 18.8 Å². The highest BCUT2D eigenvalue weighted by Gasteiger charge is 2.40. The molecule has 2 rings (SSSR count). The fourth-order valence-corrected chi connectivity index (χ4v) is 1.02. The largest absolute Gasteiger partial charge is 0.241 e. The van der Waals surface area contributed by atoms with Crippen LogP contribution in [0.25, 0.3) is 0 Å². The van der Waals surface area contributed by atoms with E-state index in [-0.39, 0.29) is 5.66 Å². The Morgan fingerprint density at radius 1 is 1.00 bits per heavy atom. The second-order valence-corrected chi connectivity index (χ2v) is 2.35. The summed E-state index contributed by atoms with van der Waals surface area (Å²) >= 11 is 0. The average molecular weight is 110 g/mol. The van der Waals surface area contributed by atoms with E-state index in [4.69, 9.17) is 0 Å². The molecule has 1 radical (unpaired) electrons. The van der Waals surface area contributed by atoms with Gasteiger partial charge in [-0.25, -0.2) is 5.32 Å². The molecule has 1 fully saturated rings. The van der Waals surface area contributed by atoms with Crippen LogP contribution in [0.15, 0.2) is 10.2 Å². The Morgan fingerprint density at radius 3 is 2.00 bits per heavy atom. The monoisotopic (exact) mass is 110 g/mol. The quantitative estimate of drug-likeness (QED) is 0.436. The Balaban J connectivity index is 1.96. The summed E-state index contributed by atoms with van der Waals surface area (Å²) in [5, 5.41) is 12.1. The second kappa shape index (κ2) is 1.29. The molecule has 0 unspecified atom stereocenters. The molecule has 43 valence electrons. The van der Waals surface area contributed by atoms with E-state index in [1.54, 1.807) is 0 Å². The number of piperidine rings is 1. The molecule has 1 saturated heterocycles. The number of nitrogens with zero attached hydrogens (tertiary/aromatic N) is 3. The minimum Gasteiger partial charge on any atom is -0.241 e. The summed E-state index contributed by atoms with van der Waals surface area (Å²) in [4.78, 5) is 0. The third-order valence-corrected chi connectivity index (χ3v) is 1.72. The van der Waals surface area contributed by atoms with Crippen LogP contribution in [0.4, 0.5) is 0 Å². The maximum atomic E-state index is 4.19. The molecule has 0 amide bonds. The molecule has 0 aliphatic carbocycles. The zero-order valence-electron chi connectivity index (χ0n) is 4.67. The molecule has 0 bridgehead atoms. The van der Waals surface area contributed by atoms with Crippen molar-refractivity contribution in [3.8, 4) is 0 Å². The van der Waals surface area contributed by atoms with Crippen molar-refractivity contribution < 1.29 is 0 Å². The van der Waals surface area contributed by atoms with Crippen molar-refractivity contribution in [2.75, 3.05) is 13.1 Å². The van der Waals surface area contributed by atoms with Crippen molar-refractivity contribution in [1.29, 1.82) is 0 Å². The first-order valence-corrected chi connectivity index (χ1v) is 2.99. The lowest BCUT2D eigenvalue weighted by molar-refractivity contribution is 0.407. The van der Waals surface area contributed by atoms with Crippen molar-refractivity contribution in [2.45, 2.75) is 18.5 Å². The van der Waals surface area contributed by atoms with Gasteiger partial charge in [-0.3, -0.25) is 0 Å². The molecular weight excluding hydrogens is 102 g/mol. The predicted octanol–water partition coefficient (Wildman–Crippen LogP) is 0.547. The van der Waals surface area contributed by atoms with Crippen molar-refractivity contribution in [1.82, 2.24) is 5.32 Å². The molecule has 3 heteroatoms. The van der Waals surface area contributed by atoms with Gasteiger partial charge in [-0.05, 0) is 0 Å². The third kappa shape index (κ3) is 0.545. The third-order valence-electron chi connectivity index (χ3n) is 1.72. The summed E-state index contributed by atoms with van der Waals surface area (Å²) in [6.07, 6.45) is 2.12. The number of hydrogen-bond donors (Lipinski definition) is 0. The molecule has 0 atom stereocenters. The summed E-state index contributed by atoms with van der Waals surface area (Å²) in [7, 11) is 0. The molecule has 0 aromatic carbocycles. The van der Waals surface area contributed by atoms with E-state index in [1.807, 2.05) is 0 Å². The Hall–Kier alpha value is -0.440. The standard InChI is InChI=1S/C5H8N3/c1-3-6-4-2-5(1)7-8-5/h1-4H2. The molecule has 8 heavy (non-hydrogen) atoms. The lowest BCUT2D eigenvalue weighted by Gasteiger charge is -2.14. The molecule has 0 aromatic heterocycles. The lowest BCUT2D eigenvalue weighted by atomic mass is 10.0. The minimum atomic E-state index is 0.0851.